The van der Waals surface area contributed by atoms with Gasteiger partial charge in [-0.25, -0.2) is 0 Å². The molecule has 1 nitrogen and oxygen atoms in total. The van der Waals surface area contributed by atoms with Gasteiger partial charge in [0.1, 0.15) is 0 Å². The lowest BCUT2D eigenvalue weighted by molar-refractivity contribution is 0.729. The Kier molecular flexibility index (Phi) is 2.89. The van der Waals surface area contributed by atoms with Crippen LogP contribution in [0.1, 0.15) is 11.1 Å². The van der Waals surface area contributed by atoms with Crippen LogP contribution in [-0.4, -0.2) is 6.54 Å². The largest absolute Gasteiger partial charge is 0.367 e. The maximum absolute atomic E-state index is 3.64. The first-order valence-corrected chi connectivity index (χ1v) is 6.70. The van der Waals surface area contributed by atoms with E-state index < -0.39 is 0 Å². The van der Waals surface area contributed by atoms with Gasteiger partial charge in [0.15, 0.2) is 0 Å². The molecule has 86 valence electrons. The van der Waals surface area contributed by atoms with Crippen LogP contribution in [0.3, 0.4) is 0 Å². The molecule has 1 aliphatic rings. The number of nitrogens with zero attached hydrogens (tertiary/aromatic N) is 1. The van der Waals surface area contributed by atoms with Crippen molar-refractivity contribution in [2.75, 3.05) is 11.4 Å². The van der Waals surface area contributed by atoms with Crippen molar-refractivity contribution < 1.29 is 0 Å². The monoisotopic (exact) mass is 287 g/mol. The molecule has 0 aliphatic carbocycles. The van der Waals surface area contributed by atoms with Gasteiger partial charge in [0.2, 0.25) is 0 Å². The number of benzene rings is 2. The highest BCUT2D eigenvalue weighted by atomic mass is 79.9. The van der Waals surface area contributed by atoms with E-state index in [1.165, 1.54) is 21.3 Å². The van der Waals surface area contributed by atoms with Gasteiger partial charge < -0.3 is 4.90 Å². The highest BCUT2D eigenvalue weighted by molar-refractivity contribution is 9.10. The molecule has 0 fully saturated rings. The van der Waals surface area contributed by atoms with Gasteiger partial charge in [0.25, 0.3) is 0 Å². The zero-order valence-corrected chi connectivity index (χ0v) is 11.2. The molecule has 0 amide bonds. The molecule has 0 spiro atoms. The van der Waals surface area contributed by atoms with Gasteiger partial charge in [-0.15, -0.1) is 0 Å². The molecule has 0 N–H and O–H groups in total. The second kappa shape index (κ2) is 4.53. The molecule has 0 atom stereocenters. The summed E-state index contributed by atoms with van der Waals surface area (Å²) in [5.74, 6) is 0. The molecule has 2 aromatic carbocycles. The normalized spacial score (nSPS) is 14.5. The maximum atomic E-state index is 3.64. The Labute approximate surface area is 110 Å². The Balaban J connectivity index is 1.91. The Hall–Kier alpha value is -1.28. The number of anilines is 1. The van der Waals surface area contributed by atoms with E-state index in [0.717, 1.165) is 19.5 Å². The van der Waals surface area contributed by atoms with E-state index in [1.807, 2.05) is 0 Å². The Morgan fingerprint density at radius 3 is 2.59 bits per heavy atom. The standard InChI is InChI=1S/C15H14BrN/c16-15-8-4-5-12-11-17(10-9-14(12)15)13-6-2-1-3-7-13/h1-8H,9-11H2. The Bertz CT molecular complexity index is 522. The Morgan fingerprint density at radius 1 is 0.941 bits per heavy atom. The van der Waals surface area contributed by atoms with E-state index in [9.17, 15) is 0 Å². The predicted molar refractivity (Wildman–Crippen MR) is 75.3 cm³/mol. The molecule has 0 unspecified atom stereocenters. The lowest BCUT2D eigenvalue weighted by atomic mass is 9.99. The van der Waals surface area contributed by atoms with Crippen LogP contribution in [-0.2, 0) is 13.0 Å². The lowest BCUT2D eigenvalue weighted by Gasteiger charge is -2.31. The van der Waals surface area contributed by atoms with Crippen LogP contribution in [0.5, 0.6) is 0 Å². The van der Waals surface area contributed by atoms with E-state index in [1.54, 1.807) is 0 Å². The van der Waals surface area contributed by atoms with Crippen LogP contribution >= 0.6 is 15.9 Å². The first-order chi connectivity index (χ1) is 8.34. The van der Waals surface area contributed by atoms with Gasteiger partial charge in [0, 0.05) is 23.2 Å². The van der Waals surface area contributed by atoms with Crippen LogP contribution in [0.25, 0.3) is 0 Å². The van der Waals surface area contributed by atoms with Crippen LogP contribution in [0.4, 0.5) is 5.69 Å². The van der Waals surface area contributed by atoms with Gasteiger partial charge in [-0.2, -0.15) is 0 Å². The van der Waals surface area contributed by atoms with Crippen molar-refractivity contribution in [3.63, 3.8) is 0 Å². The average molecular weight is 288 g/mol. The molecule has 2 aromatic rings. The molecule has 17 heavy (non-hydrogen) atoms. The molecule has 1 heterocycles. The first-order valence-electron chi connectivity index (χ1n) is 5.91. The minimum atomic E-state index is 1.01. The minimum absolute atomic E-state index is 1.01. The van der Waals surface area contributed by atoms with Crippen molar-refractivity contribution in [2.24, 2.45) is 0 Å². The molecule has 0 aromatic heterocycles. The van der Waals surface area contributed by atoms with Gasteiger partial charge in [-0.05, 0) is 35.7 Å². The number of halogens is 1. The summed E-state index contributed by atoms with van der Waals surface area (Å²) in [4.78, 5) is 2.44. The van der Waals surface area contributed by atoms with Crippen LogP contribution in [0.2, 0.25) is 0 Å². The average Bonchev–Trinajstić information content (AvgIpc) is 2.40. The quantitative estimate of drug-likeness (QED) is 0.766. The van der Waals surface area contributed by atoms with Crippen molar-refractivity contribution in [3.8, 4) is 0 Å². The van der Waals surface area contributed by atoms with Gasteiger partial charge >= 0.3 is 0 Å². The smallest absolute Gasteiger partial charge is 0.0432 e. The zero-order chi connectivity index (χ0) is 11.7. The van der Waals surface area contributed by atoms with Gasteiger partial charge in [-0.3, -0.25) is 0 Å². The predicted octanol–water partition coefficient (Wildman–Crippen LogP) is 4.01. The molecule has 0 radical (unpaired) electrons. The molecule has 0 saturated heterocycles. The van der Waals surface area contributed by atoms with Gasteiger partial charge in [0.05, 0.1) is 0 Å². The molecule has 0 bridgehead atoms. The number of para-hydroxylation sites is 1. The second-order valence-electron chi connectivity index (χ2n) is 4.38. The third kappa shape index (κ3) is 2.09. The van der Waals surface area contributed by atoms with Crippen molar-refractivity contribution >= 4 is 21.6 Å². The summed E-state index contributed by atoms with van der Waals surface area (Å²) in [6.45, 7) is 2.11. The van der Waals surface area contributed by atoms with E-state index in [0.29, 0.717) is 0 Å². The summed E-state index contributed by atoms with van der Waals surface area (Å²) in [5.41, 5.74) is 4.23. The molecular weight excluding hydrogens is 274 g/mol. The van der Waals surface area contributed by atoms with Crippen molar-refractivity contribution in [1.29, 1.82) is 0 Å². The fourth-order valence-corrected chi connectivity index (χ4v) is 3.03. The topological polar surface area (TPSA) is 3.24 Å². The second-order valence-corrected chi connectivity index (χ2v) is 5.24. The van der Waals surface area contributed by atoms with E-state index in [2.05, 4.69) is 69.4 Å². The van der Waals surface area contributed by atoms with Gasteiger partial charge in [-0.1, -0.05) is 46.3 Å². The zero-order valence-electron chi connectivity index (χ0n) is 9.57. The fraction of sp³-hybridized carbons (Fsp3) is 0.200. The van der Waals surface area contributed by atoms with Crippen molar-refractivity contribution in [3.05, 3.63) is 64.1 Å². The molecule has 3 rings (SSSR count). The molecule has 2 heteroatoms. The van der Waals surface area contributed by atoms with E-state index in [-0.39, 0.29) is 0 Å². The number of fused-ring (bicyclic) bond motifs is 1. The highest BCUT2D eigenvalue weighted by Crippen LogP contribution is 2.28. The van der Waals surface area contributed by atoms with Crippen LogP contribution < -0.4 is 4.90 Å². The number of hydrogen-bond acceptors (Lipinski definition) is 1. The number of hydrogen-bond donors (Lipinski definition) is 0. The maximum Gasteiger partial charge on any atom is 0.0432 e. The SMILES string of the molecule is Brc1cccc2c1CCN(c1ccccc1)C2. The fourth-order valence-electron chi connectivity index (χ4n) is 2.42. The first kappa shape index (κ1) is 10.8. The molecule has 1 aliphatic heterocycles. The summed E-state index contributed by atoms with van der Waals surface area (Å²) in [6.07, 6.45) is 1.12. The molecule has 0 saturated carbocycles. The highest BCUT2D eigenvalue weighted by Gasteiger charge is 2.17. The third-order valence-corrected chi connectivity index (χ3v) is 4.07. The lowest BCUT2D eigenvalue weighted by Crippen LogP contribution is -2.30. The Morgan fingerprint density at radius 2 is 1.76 bits per heavy atom. The van der Waals surface area contributed by atoms with Crippen LogP contribution in [0, 0.1) is 0 Å². The van der Waals surface area contributed by atoms with Crippen LogP contribution in [0.15, 0.2) is 53.0 Å². The summed E-state index contributed by atoms with van der Waals surface area (Å²) >= 11 is 3.64. The summed E-state index contributed by atoms with van der Waals surface area (Å²) in [7, 11) is 0. The number of rotatable bonds is 1. The van der Waals surface area contributed by atoms with Crippen molar-refractivity contribution in [1.82, 2.24) is 0 Å². The minimum Gasteiger partial charge on any atom is -0.367 e. The summed E-state index contributed by atoms with van der Waals surface area (Å²) in [5, 5.41) is 0. The summed E-state index contributed by atoms with van der Waals surface area (Å²) < 4.78 is 1.25. The molecular formula is C15H14BrN. The third-order valence-electron chi connectivity index (χ3n) is 3.33. The summed E-state index contributed by atoms with van der Waals surface area (Å²) in [6, 6.07) is 17.1. The van der Waals surface area contributed by atoms with E-state index in [4.69, 9.17) is 0 Å². The van der Waals surface area contributed by atoms with E-state index >= 15 is 0 Å². The van der Waals surface area contributed by atoms with Crippen molar-refractivity contribution in [2.45, 2.75) is 13.0 Å².